The van der Waals surface area contributed by atoms with Crippen LogP contribution in [-0.4, -0.2) is 19.5 Å². The van der Waals surface area contributed by atoms with Gasteiger partial charge >= 0.3 is 0 Å². The van der Waals surface area contributed by atoms with E-state index < -0.39 is 10.0 Å². The first kappa shape index (κ1) is 15.8. The van der Waals surface area contributed by atoms with Gasteiger partial charge < -0.3 is 4.74 Å². The van der Waals surface area contributed by atoms with Crippen molar-refractivity contribution >= 4 is 31.8 Å². The SMILES string of the molecule is CC(C)Oc1ccc(S(=O)(=O)Nc2cc(Br)ccn2)cc1. The van der Waals surface area contributed by atoms with E-state index in [2.05, 4.69) is 25.6 Å². The Hall–Kier alpha value is -1.60. The number of pyridine rings is 1. The van der Waals surface area contributed by atoms with Gasteiger partial charge in [0, 0.05) is 10.7 Å². The Morgan fingerprint density at radius 1 is 1.19 bits per heavy atom. The Kier molecular flexibility index (Phi) is 4.84. The number of rotatable bonds is 5. The predicted molar refractivity (Wildman–Crippen MR) is 85.0 cm³/mol. The van der Waals surface area contributed by atoms with Crippen LogP contribution in [0.3, 0.4) is 0 Å². The largest absolute Gasteiger partial charge is 0.491 e. The van der Waals surface area contributed by atoms with Crippen molar-refractivity contribution in [1.29, 1.82) is 0 Å². The normalized spacial score (nSPS) is 11.4. The van der Waals surface area contributed by atoms with Crippen molar-refractivity contribution in [2.24, 2.45) is 0 Å². The zero-order chi connectivity index (χ0) is 15.5. The molecule has 1 aromatic heterocycles. The maximum absolute atomic E-state index is 12.2. The summed E-state index contributed by atoms with van der Waals surface area (Å²) in [5, 5.41) is 0. The van der Waals surface area contributed by atoms with Gasteiger partial charge in [0.25, 0.3) is 10.0 Å². The standard InChI is InChI=1S/C14H15BrN2O3S/c1-10(2)20-12-3-5-13(6-4-12)21(18,19)17-14-9-11(15)7-8-16-14/h3-10H,1-2H3,(H,16,17). The number of ether oxygens (including phenoxy) is 1. The van der Waals surface area contributed by atoms with E-state index in [0.29, 0.717) is 5.75 Å². The molecule has 0 atom stereocenters. The van der Waals surface area contributed by atoms with E-state index in [1.165, 1.54) is 18.3 Å². The number of anilines is 1. The molecule has 0 saturated heterocycles. The Labute approximate surface area is 132 Å². The molecule has 2 aromatic rings. The number of nitrogens with one attached hydrogen (secondary N) is 1. The summed E-state index contributed by atoms with van der Waals surface area (Å²) in [4.78, 5) is 4.12. The third-order valence-corrected chi connectivity index (χ3v) is 4.33. The van der Waals surface area contributed by atoms with Crippen molar-refractivity contribution in [2.45, 2.75) is 24.8 Å². The molecule has 0 amide bonds. The molecule has 0 unspecified atom stereocenters. The second kappa shape index (κ2) is 6.44. The summed E-state index contributed by atoms with van der Waals surface area (Å²) in [6.45, 7) is 3.82. The Balaban J connectivity index is 2.19. The van der Waals surface area contributed by atoms with Gasteiger partial charge in [0.15, 0.2) is 0 Å². The fourth-order valence-electron chi connectivity index (χ4n) is 1.63. The number of aromatic nitrogens is 1. The quantitative estimate of drug-likeness (QED) is 0.875. The van der Waals surface area contributed by atoms with Gasteiger partial charge in [0.05, 0.1) is 11.0 Å². The number of hydrogen-bond donors (Lipinski definition) is 1. The van der Waals surface area contributed by atoms with Gasteiger partial charge in [-0.25, -0.2) is 13.4 Å². The maximum Gasteiger partial charge on any atom is 0.263 e. The van der Waals surface area contributed by atoms with Crippen molar-refractivity contribution in [3.8, 4) is 5.75 Å². The monoisotopic (exact) mass is 370 g/mol. The van der Waals surface area contributed by atoms with Gasteiger partial charge in [0.2, 0.25) is 0 Å². The fourth-order valence-corrected chi connectivity index (χ4v) is 2.96. The highest BCUT2D eigenvalue weighted by Crippen LogP contribution is 2.20. The zero-order valence-electron chi connectivity index (χ0n) is 11.6. The number of sulfonamides is 1. The molecule has 0 radical (unpaired) electrons. The van der Waals surface area contributed by atoms with E-state index in [4.69, 9.17) is 4.74 Å². The predicted octanol–water partition coefficient (Wildman–Crippen LogP) is 3.43. The molecule has 1 heterocycles. The molecule has 112 valence electrons. The van der Waals surface area contributed by atoms with Gasteiger partial charge in [-0.2, -0.15) is 0 Å². The van der Waals surface area contributed by atoms with E-state index in [0.717, 1.165) is 4.47 Å². The first-order valence-electron chi connectivity index (χ1n) is 6.28. The van der Waals surface area contributed by atoms with Crippen molar-refractivity contribution in [2.75, 3.05) is 4.72 Å². The summed E-state index contributed by atoms with van der Waals surface area (Å²) in [6, 6.07) is 9.56. The topological polar surface area (TPSA) is 68.3 Å². The highest BCUT2D eigenvalue weighted by atomic mass is 79.9. The van der Waals surface area contributed by atoms with Gasteiger partial charge in [-0.15, -0.1) is 0 Å². The lowest BCUT2D eigenvalue weighted by Crippen LogP contribution is -2.14. The van der Waals surface area contributed by atoms with Crippen LogP contribution in [0.2, 0.25) is 0 Å². The minimum absolute atomic E-state index is 0.0384. The van der Waals surface area contributed by atoms with Crippen LogP contribution in [0.4, 0.5) is 5.82 Å². The Morgan fingerprint density at radius 3 is 2.43 bits per heavy atom. The third kappa shape index (κ3) is 4.44. The lowest BCUT2D eigenvalue weighted by Gasteiger charge is -2.11. The summed E-state index contributed by atoms with van der Waals surface area (Å²) < 4.78 is 33.1. The van der Waals surface area contributed by atoms with E-state index in [1.807, 2.05) is 13.8 Å². The Bertz CT molecular complexity index is 715. The molecule has 7 heteroatoms. The van der Waals surface area contributed by atoms with Crippen LogP contribution in [0, 0.1) is 0 Å². The van der Waals surface area contributed by atoms with Crippen LogP contribution in [0.25, 0.3) is 0 Å². The molecule has 1 N–H and O–H groups in total. The summed E-state index contributed by atoms with van der Waals surface area (Å²) in [7, 11) is -3.66. The van der Waals surface area contributed by atoms with Gasteiger partial charge in [-0.05, 0) is 50.2 Å². The smallest absolute Gasteiger partial charge is 0.263 e. The second-order valence-corrected chi connectivity index (χ2v) is 7.20. The van der Waals surface area contributed by atoms with Crippen molar-refractivity contribution < 1.29 is 13.2 Å². The number of nitrogens with zero attached hydrogens (tertiary/aromatic N) is 1. The number of benzene rings is 1. The molecular weight excluding hydrogens is 356 g/mol. The molecule has 0 aliphatic carbocycles. The van der Waals surface area contributed by atoms with E-state index in [-0.39, 0.29) is 16.8 Å². The second-order valence-electron chi connectivity index (χ2n) is 4.60. The third-order valence-electron chi connectivity index (χ3n) is 2.47. The van der Waals surface area contributed by atoms with E-state index in [1.54, 1.807) is 24.3 Å². The summed E-state index contributed by atoms with van der Waals surface area (Å²) >= 11 is 3.27. The zero-order valence-corrected chi connectivity index (χ0v) is 14.0. The minimum atomic E-state index is -3.66. The summed E-state index contributed by atoms with van der Waals surface area (Å²) in [5.41, 5.74) is 0. The fraction of sp³-hybridized carbons (Fsp3) is 0.214. The van der Waals surface area contributed by atoms with Crippen molar-refractivity contribution in [3.05, 3.63) is 47.1 Å². The van der Waals surface area contributed by atoms with Gasteiger partial charge in [0.1, 0.15) is 11.6 Å². The average molecular weight is 371 g/mol. The van der Waals surface area contributed by atoms with Crippen LogP contribution in [0.5, 0.6) is 5.75 Å². The number of hydrogen-bond acceptors (Lipinski definition) is 4. The van der Waals surface area contributed by atoms with Crippen LogP contribution in [0.1, 0.15) is 13.8 Å². The van der Waals surface area contributed by atoms with Crippen LogP contribution in [0.15, 0.2) is 52.0 Å². The molecule has 0 aliphatic rings. The minimum Gasteiger partial charge on any atom is -0.491 e. The van der Waals surface area contributed by atoms with Crippen LogP contribution < -0.4 is 9.46 Å². The lowest BCUT2D eigenvalue weighted by atomic mass is 10.3. The average Bonchev–Trinajstić information content (AvgIpc) is 2.38. The molecule has 1 aromatic carbocycles. The van der Waals surface area contributed by atoms with E-state index in [9.17, 15) is 8.42 Å². The van der Waals surface area contributed by atoms with Gasteiger partial charge in [-0.1, -0.05) is 15.9 Å². The summed E-state index contributed by atoms with van der Waals surface area (Å²) in [5.74, 6) is 0.886. The molecule has 21 heavy (non-hydrogen) atoms. The molecule has 0 bridgehead atoms. The molecule has 2 rings (SSSR count). The van der Waals surface area contributed by atoms with Crippen molar-refractivity contribution in [1.82, 2.24) is 4.98 Å². The number of halogens is 1. The Morgan fingerprint density at radius 2 is 1.86 bits per heavy atom. The molecule has 0 saturated carbocycles. The van der Waals surface area contributed by atoms with Crippen LogP contribution in [-0.2, 0) is 10.0 Å². The van der Waals surface area contributed by atoms with Gasteiger partial charge in [-0.3, -0.25) is 4.72 Å². The highest BCUT2D eigenvalue weighted by molar-refractivity contribution is 9.10. The molecule has 0 aliphatic heterocycles. The highest BCUT2D eigenvalue weighted by Gasteiger charge is 2.15. The summed E-state index contributed by atoms with van der Waals surface area (Å²) in [6.07, 6.45) is 1.55. The lowest BCUT2D eigenvalue weighted by molar-refractivity contribution is 0.242. The first-order chi connectivity index (χ1) is 9.87. The first-order valence-corrected chi connectivity index (χ1v) is 8.55. The molecule has 0 spiro atoms. The molecular formula is C14H15BrN2O3S. The van der Waals surface area contributed by atoms with Crippen molar-refractivity contribution in [3.63, 3.8) is 0 Å². The molecule has 0 fully saturated rings. The van der Waals surface area contributed by atoms with E-state index >= 15 is 0 Å². The molecule has 5 nitrogen and oxygen atoms in total. The van der Waals surface area contributed by atoms with Crippen LogP contribution >= 0.6 is 15.9 Å². The maximum atomic E-state index is 12.2.